The highest BCUT2D eigenvalue weighted by Crippen LogP contribution is 2.37. The molecule has 1 unspecified atom stereocenters. The van der Waals surface area contributed by atoms with Gasteiger partial charge in [0.15, 0.2) is 0 Å². The second-order valence-corrected chi connectivity index (χ2v) is 3.78. The van der Waals surface area contributed by atoms with E-state index in [1.807, 2.05) is 25.1 Å². The molecule has 0 radical (unpaired) electrons. The quantitative estimate of drug-likeness (QED) is 0.699. The molecule has 0 fully saturated rings. The van der Waals surface area contributed by atoms with Crippen LogP contribution in [-0.4, -0.2) is 26.4 Å². The lowest BCUT2D eigenvalue weighted by Crippen LogP contribution is -2.22. The third-order valence-corrected chi connectivity index (χ3v) is 2.76. The first kappa shape index (κ1) is 13.2. The number of benzene rings is 1. The van der Waals surface area contributed by atoms with Gasteiger partial charge < -0.3 is 14.4 Å². The van der Waals surface area contributed by atoms with Crippen LogP contribution in [0.4, 0.5) is 5.69 Å². The van der Waals surface area contributed by atoms with Crippen LogP contribution in [0, 0.1) is 0 Å². The second kappa shape index (κ2) is 5.48. The van der Waals surface area contributed by atoms with E-state index in [2.05, 4.69) is 0 Å². The number of hydrogen-bond donors (Lipinski definition) is 0. The number of methoxy groups -OCH3 is 1. The summed E-state index contributed by atoms with van der Waals surface area (Å²) in [6, 6.07) is 5.73. The van der Waals surface area contributed by atoms with Crippen LogP contribution in [0.2, 0.25) is 0 Å². The lowest BCUT2D eigenvalue weighted by Gasteiger charge is -2.09. The Morgan fingerprint density at radius 1 is 1.41 bits per heavy atom. The summed E-state index contributed by atoms with van der Waals surface area (Å²) in [7, 11) is 3.43. The largest absolute Gasteiger partial charge is 0.497 e. The summed E-state index contributed by atoms with van der Waals surface area (Å²) in [6.45, 7) is 3.37. The maximum Gasteiger partial charge on any atom is 0.234 e. The Labute approximate surface area is 101 Å². The maximum atomic E-state index is 11.6. The van der Waals surface area contributed by atoms with E-state index in [0.29, 0.717) is 0 Å². The van der Waals surface area contributed by atoms with Crippen LogP contribution < -0.4 is 9.64 Å². The topological polar surface area (TPSA) is 46.6 Å². The second-order valence-electron chi connectivity index (χ2n) is 3.78. The summed E-state index contributed by atoms with van der Waals surface area (Å²) in [5, 5.41) is 0. The molecule has 2 rings (SSSR count). The minimum atomic E-state index is -0.0508. The number of likely N-dealkylation sites (N-methyl/N-ethyl adjacent to an activating group) is 1. The summed E-state index contributed by atoms with van der Waals surface area (Å²) in [5.41, 5.74) is 2.04. The summed E-state index contributed by atoms with van der Waals surface area (Å²) in [6.07, 6.45) is 0.750. The van der Waals surface area contributed by atoms with E-state index in [1.54, 1.807) is 19.1 Å². The smallest absolute Gasteiger partial charge is 0.234 e. The Morgan fingerprint density at radius 2 is 2.00 bits per heavy atom. The van der Waals surface area contributed by atoms with Crippen LogP contribution in [0.25, 0.3) is 0 Å². The molecule has 1 aromatic carbocycles. The van der Waals surface area contributed by atoms with Crippen LogP contribution in [0.3, 0.4) is 0 Å². The molecule has 0 saturated carbocycles. The highest BCUT2D eigenvalue weighted by Gasteiger charge is 2.31. The molecule has 0 spiro atoms. The maximum absolute atomic E-state index is 11.6. The summed E-state index contributed by atoms with van der Waals surface area (Å²) >= 11 is 0. The van der Waals surface area contributed by atoms with Gasteiger partial charge in [-0.1, -0.05) is 0 Å². The van der Waals surface area contributed by atoms with Gasteiger partial charge in [-0.05, 0) is 37.6 Å². The number of nitrogens with zero attached hydrogens (tertiary/aromatic N) is 1. The first-order valence-electron chi connectivity index (χ1n) is 5.42. The molecule has 0 bridgehead atoms. The van der Waals surface area contributed by atoms with Gasteiger partial charge in [0.25, 0.3) is 0 Å². The molecule has 1 heterocycles. The Bertz CT molecular complexity index is 429. The van der Waals surface area contributed by atoms with Crippen LogP contribution in [0.15, 0.2) is 18.2 Å². The number of aldehydes is 1. The molecule has 0 aliphatic carbocycles. The number of anilines is 1. The molecule has 92 valence electrons. The van der Waals surface area contributed by atoms with E-state index < -0.39 is 0 Å². The van der Waals surface area contributed by atoms with Crippen molar-refractivity contribution in [2.75, 3.05) is 19.1 Å². The molecule has 1 atom stereocenters. The summed E-state index contributed by atoms with van der Waals surface area (Å²) < 4.78 is 5.13. The highest BCUT2D eigenvalue weighted by molar-refractivity contribution is 6.04. The fourth-order valence-corrected chi connectivity index (χ4v) is 1.85. The Hall–Kier alpha value is -1.84. The number of carbonyl (C=O) groups is 2. The zero-order chi connectivity index (χ0) is 13.0. The molecule has 1 aliphatic heterocycles. The van der Waals surface area contributed by atoms with Crippen LogP contribution in [0.1, 0.15) is 25.3 Å². The van der Waals surface area contributed by atoms with Crippen molar-refractivity contribution in [1.29, 1.82) is 0 Å². The minimum Gasteiger partial charge on any atom is -0.497 e. The van der Waals surface area contributed by atoms with Crippen molar-refractivity contribution in [2.24, 2.45) is 0 Å². The molecule has 4 heteroatoms. The first-order valence-corrected chi connectivity index (χ1v) is 5.42. The molecule has 0 aromatic heterocycles. The van der Waals surface area contributed by atoms with E-state index in [4.69, 9.17) is 9.53 Å². The normalized spacial score (nSPS) is 17.1. The summed E-state index contributed by atoms with van der Waals surface area (Å²) in [5.74, 6) is 0.900. The number of hydrogen-bond acceptors (Lipinski definition) is 3. The molecule has 4 nitrogen and oxygen atoms in total. The van der Waals surface area contributed by atoms with E-state index in [9.17, 15) is 4.79 Å². The molecule has 1 amide bonds. The average Bonchev–Trinajstić information content (AvgIpc) is 2.55. The average molecular weight is 235 g/mol. The van der Waals surface area contributed by atoms with Crippen molar-refractivity contribution in [3.63, 3.8) is 0 Å². The molecule has 1 aromatic rings. The zero-order valence-corrected chi connectivity index (χ0v) is 10.6. The number of rotatable bonds is 1. The fourth-order valence-electron chi connectivity index (χ4n) is 1.85. The standard InChI is InChI=1S/C11H13NO2.C2H4O/c1-7-9-6-8(14-3)4-5-10(9)12(2)11(7)13;1-2-3/h4-7H,1-3H3;2H,1H3. The van der Waals surface area contributed by atoms with E-state index in [0.717, 1.165) is 23.3 Å². The minimum absolute atomic E-state index is 0.0508. The van der Waals surface area contributed by atoms with Gasteiger partial charge in [0, 0.05) is 12.7 Å². The highest BCUT2D eigenvalue weighted by atomic mass is 16.5. The van der Waals surface area contributed by atoms with Crippen molar-refractivity contribution in [3.8, 4) is 5.75 Å². The lowest BCUT2D eigenvalue weighted by atomic mass is 10.0. The number of fused-ring (bicyclic) bond motifs is 1. The lowest BCUT2D eigenvalue weighted by molar-refractivity contribution is -0.118. The Balaban J connectivity index is 0.000000437. The van der Waals surface area contributed by atoms with E-state index in [1.165, 1.54) is 6.92 Å². The van der Waals surface area contributed by atoms with Gasteiger partial charge in [-0.15, -0.1) is 0 Å². The van der Waals surface area contributed by atoms with Gasteiger partial charge in [-0.25, -0.2) is 0 Å². The van der Waals surface area contributed by atoms with Crippen LogP contribution >= 0.6 is 0 Å². The van der Waals surface area contributed by atoms with E-state index in [-0.39, 0.29) is 11.8 Å². The van der Waals surface area contributed by atoms with E-state index >= 15 is 0 Å². The van der Waals surface area contributed by atoms with Crippen molar-refractivity contribution in [3.05, 3.63) is 23.8 Å². The van der Waals surface area contributed by atoms with Gasteiger partial charge in [-0.2, -0.15) is 0 Å². The monoisotopic (exact) mass is 235 g/mol. The van der Waals surface area contributed by atoms with Crippen LogP contribution in [0.5, 0.6) is 5.75 Å². The van der Waals surface area contributed by atoms with Crippen molar-refractivity contribution in [2.45, 2.75) is 19.8 Å². The van der Waals surface area contributed by atoms with Crippen molar-refractivity contribution in [1.82, 2.24) is 0 Å². The Morgan fingerprint density at radius 3 is 2.53 bits per heavy atom. The van der Waals surface area contributed by atoms with Crippen LogP contribution in [-0.2, 0) is 9.59 Å². The predicted molar refractivity (Wildman–Crippen MR) is 66.6 cm³/mol. The van der Waals surface area contributed by atoms with Gasteiger partial charge in [0.05, 0.1) is 13.0 Å². The fraction of sp³-hybridized carbons (Fsp3) is 0.385. The molecule has 0 N–H and O–H groups in total. The third kappa shape index (κ3) is 2.46. The SMILES string of the molecule is CC=O.COc1ccc2c(c1)C(C)C(=O)N2C. The van der Waals surface area contributed by atoms with Crippen molar-refractivity contribution < 1.29 is 14.3 Å². The summed E-state index contributed by atoms with van der Waals surface area (Å²) in [4.78, 5) is 22.1. The first-order chi connectivity index (χ1) is 8.06. The molecular formula is C13H17NO3. The van der Waals surface area contributed by atoms with Gasteiger partial charge in [-0.3, -0.25) is 4.79 Å². The number of amides is 1. The third-order valence-electron chi connectivity index (χ3n) is 2.76. The Kier molecular flexibility index (Phi) is 4.26. The molecule has 0 saturated heterocycles. The van der Waals surface area contributed by atoms with Gasteiger partial charge >= 0.3 is 0 Å². The predicted octanol–water partition coefficient (Wildman–Crippen LogP) is 1.98. The number of ether oxygens (including phenoxy) is 1. The molecular weight excluding hydrogens is 218 g/mol. The zero-order valence-electron chi connectivity index (χ0n) is 10.6. The molecule has 1 aliphatic rings. The van der Waals surface area contributed by atoms with Crippen molar-refractivity contribution >= 4 is 17.9 Å². The van der Waals surface area contributed by atoms with Gasteiger partial charge in [0.2, 0.25) is 5.91 Å². The number of carbonyl (C=O) groups excluding carboxylic acids is 2. The van der Waals surface area contributed by atoms with Gasteiger partial charge in [0.1, 0.15) is 12.0 Å². The molecule has 17 heavy (non-hydrogen) atoms.